The van der Waals surface area contributed by atoms with Crippen molar-refractivity contribution in [2.75, 3.05) is 37.1 Å². The molecule has 150 valence electrons. The number of anilines is 2. The van der Waals surface area contributed by atoms with Crippen LogP contribution in [0.15, 0.2) is 42.5 Å². The van der Waals surface area contributed by atoms with Gasteiger partial charge in [-0.2, -0.15) is 0 Å². The molecule has 1 saturated heterocycles. The third-order valence-corrected chi connectivity index (χ3v) is 4.78. The van der Waals surface area contributed by atoms with Crippen LogP contribution in [0.3, 0.4) is 0 Å². The van der Waals surface area contributed by atoms with E-state index in [1.807, 2.05) is 18.2 Å². The van der Waals surface area contributed by atoms with Crippen LogP contribution in [0.25, 0.3) is 6.08 Å². The maximum Gasteiger partial charge on any atom is 0.248 e. The highest BCUT2D eigenvalue weighted by atomic mass is 16.6. The first-order valence-electron chi connectivity index (χ1n) is 9.51. The van der Waals surface area contributed by atoms with Gasteiger partial charge in [0, 0.05) is 30.4 Å². The fourth-order valence-corrected chi connectivity index (χ4v) is 3.42. The van der Waals surface area contributed by atoms with Gasteiger partial charge in [-0.15, -0.1) is 0 Å². The lowest BCUT2D eigenvalue weighted by Gasteiger charge is -2.20. The Morgan fingerprint density at radius 1 is 1.21 bits per heavy atom. The second-order valence-corrected chi connectivity index (χ2v) is 6.77. The maximum absolute atomic E-state index is 12.4. The van der Waals surface area contributed by atoms with Crippen molar-refractivity contribution in [2.45, 2.75) is 12.8 Å². The van der Waals surface area contributed by atoms with Gasteiger partial charge in [0.05, 0.1) is 7.11 Å². The molecule has 4 rings (SSSR count). The molecular weight excluding hydrogens is 372 g/mol. The summed E-state index contributed by atoms with van der Waals surface area (Å²) in [6.45, 7) is 1.66. The Labute approximate surface area is 168 Å². The third kappa shape index (κ3) is 4.18. The first-order valence-corrected chi connectivity index (χ1v) is 9.51. The molecule has 0 unspecified atom stereocenters. The predicted octanol–water partition coefficient (Wildman–Crippen LogP) is 3.25. The molecule has 2 aliphatic rings. The van der Waals surface area contributed by atoms with Crippen LogP contribution in [0, 0.1) is 0 Å². The molecule has 0 bridgehead atoms. The summed E-state index contributed by atoms with van der Waals surface area (Å²) in [4.78, 5) is 26.0. The van der Waals surface area contributed by atoms with E-state index in [9.17, 15) is 9.59 Å². The molecule has 1 N–H and O–H groups in total. The number of rotatable bonds is 5. The van der Waals surface area contributed by atoms with Crippen molar-refractivity contribution in [1.82, 2.24) is 0 Å². The molecule has 7 heteroatoms. The fourth-order valence-electron chi connectivity index (χ4n) is 3.42. The molecule has 2 aliphatic heterocycles. The van der Waals surface area contributed by atoms with Crippen LogP contribution in [-0.4, -0.2) is 38.7 Å². The zero-order valence-electron chi connectivity index (χ0n) is 16.1. The summed E-state index contributed by atoms with van der Waals surface area (Å²) in [7, 11) is 1.56. The van der Waals surface area contributed by atoms with E-state index in [1.54, 1.807) is 36.3 Å². The molecule has 0 radical (unpaired) electrons. The monoisotopic (exact) mass is 394 g/mol. The molecule has 0 aromatic heterocycles. The van der Waals surface area contributed by atoms with Gasteiger partial charge in [-0.25, -0.2) is 0 Å². The third-order valence-electron chi connectivity index (χ3n) is 4.78. The minimum Gasteiger partial charge on any atom is -0.493 e. The average molecular weight is 394 g/mol. The van der Waals surface area contributed by atoms with E-state index < -0.39 is 0 Å². The minimum absolute atomic E-state index is 0.112. The Morgan fingerprint density at radius 2 is 2.07 bits per heavy atom. The van der Waals surface area contributed by atoms with E-state index in [2.05, 4.69) is 5.32 Å². The Hall–Kier alpha value is -3.48. The van der Waals surface area contributed by atoms with Gasteiger partial charge in [-0.3, -0.25) is 9.59 Å². The van der Waals surface area contributed by atoms with Crippen molar-refractivity contribution in [1.29, 1.82) is 0 Å². The van der Waals surface area contributed by atoms with Crippen LogP contribution in [0.1, 0.15) is 18.4 Å². The van der Waals surface area contributed by atoms with E-state index in [-0.39, 0.29) is 11.8 Å². The van der Waals surface area contributed by atoms with Crippen LogP contribution >= 0.6 is 0 Å². The van der Waals surface area contributed by atoms with Gasteiger partial charge in [0.25, 0.3) is 0 Å². The molecule has 1 fully saturated rings. The van der Waals surface area contributed by atoms with Gasteiger partial charge in [0.15, 0.2) is 11.5 Å². The van der Waals surface area contributed by atoms with Gasteiger partial charge < -0.3 is 24.4 Å². The van der Waals surface area contributed by atoms with Gasteiger partial charge in [0.2, 0.25) is 17.6 Å². The van der Waals surface area contributed by atoms with Crippen LogP contribution in [0.4, 0.5) is 11.4 Å². The SMILES string of the molecule is COc1cc(/C=C/C(=O)Nc2cccc(N3CCCC3=O)c2)cc2c1OCCO2. The Kier molecular flexibility index (Phi) is 5.37. The summed E-state index contributed by atoms with van der Waals surface area (Å²) in [5, 5.41) is 2.83. The van der Waals surface area contributed by atoms with Gasteiger partial charge >= 0.3 is 0 Å². The number of carbonyl (C=O) groups excluding carboxylic acids is 2. The zero-order chi connectivity index (χ0) is 20.2. The summed E-state index contributed by atoms with van der Waals surface area (Å²) in [5.41, 5.74) is 2.19. The van der Waals surface area contributed by atoms with Crippen molar-refractivity contribution >= 4 is 29.3 Å². The van der Waals surface area contributed by atoms with Crippen LogP contribution in [-0.2, 0) is 9.59 Å². The molecule has 0 aliphatic carbocycles. The van der Waals surface area contributed by atoms with Gasteiger partial charge in [-0.05, 0) is 48.4 Å². The standard InChI is InChI=1S/C22H22N2O5/c1-27-18-12-15(13-19-22(18)29-11-10-28-19)7-8-20(25)23-16-4-2-5-17(14-16)24-9-3-6-21(24)26/h2,4-5,7-8,12-14H,3,6,9-11H2,1H3,(H,23,25)/b8-7+. The molecule has 7 nitrogen and oxygen atoms in total. The fraction of sp³-hybridized carbons (Fsp3) is 0.273. The lowest BCUT2D eigenvalue weighted by atomic mass is 10.1. The van der Waals surface area contributed by atoms with Crippen molar-refractivity contribution in [3.63, 3.8) is 0 Å². The number of ether oxygens (including phenoxy) is 3. The van der Waals surface area contributed by atoms with Crippen molar-refractivity contribution in [3.8, 4) is 17.2 Å². The molecule has 0 spiro atoms. The summed E-state index contributed by atoms with van der Waals surface area (Å²) < 4.78 is 16.5. The predicted molar refractivity (Wildman–Crippen MR) is 110 cm³/mol. The Morgan fingerprint density at radius 3 is 2.86 bits per heavy atom. The van der Waals surface area contributed by atoms with E-state index >= 15 is 0 Å². The molecule has 2 amide bonds. The molecule has 2 heterocycles. The molecule has 0 atom stereocenters. The lowest BCUT2D eigenvalue weighted by molar-refractivity contribution is -0.117. The topological polar surface area (TPSA) is 77.1 Å². The number of nitrogens with zero attached hydrogens (tertiary/aromatic N) is 1. The highest BCUT2D eigenvalue weighted by Crippen LogP contribution is 2.40. The minimum atomic E-state index is -0.274. The Balaban J connectivity index is 1.46. The van der Waals surface area contributed by atoms with Crippen LogP contribution in [0.2, 0.25) is 0 Å². The zero-order valence-corrected chi connectivity index (χ0v) is 16.1. The molecule has 29 heavy (non-hydrogen) atoms. The summed E-state index contributed by atoms with van der Waals surface area (Å²) >= 11 is 0. The first-order chi connectivity index (χ1) is 14.1. The number of fused-ring (bicyclic) bond motifs is 1. The average Bonchev–Trinajstić information content (AvgIpc) is 3.17. The van der Waals surface area contributed by atoms with E-state index in [4.69, 9.17) is 14.2 Å². The highest BCUT2D eigenvalue weighted by Gasteiger charge is 2.22. The van der Waals surface area contributed by atoms with Crippen molar-refractivity contribution < 1.29 is 23.8 Å². The summed E-state index contributed by atoms with van der Waals surface area (Å²) in [6, 6.07) is 10.9. The van der Waals surface area contributed by atoms with Crippen LogP contribution < -0.4 is 24.4 Å². The number of nitrogens with one attached hydrogen (secondary N) is 1. The molecule has 2 aromatic rings. The molecule has 0 saturated carbocycles. The molecule has 2 aromatic carbocycles. The number of methoxy groups -OCH3 is 1. The largest absolute Gasteiger partial charge is 0.493 e. The summed E-state index contributed by atoms with van der Waals surface area (Å²) in [5.74, 6) is 1.57. The number of amides is 2. The first kappa shape index (κ1) is 18.9. The second kappa shape index (κ2) is 8.26. The number of hydrogen-bond acceptors (Lipinski definition) is 5. The van der Waals surface area contributed by atoms with Crippen LogP contribution in [0.5, 0.6) is 17.2 Å². The quantitative estimate of drug-likeness (QED) is 0.788. The maximum atomic E-state index is 12.4. The number of carbonyl (C=O) groups is 2. The van der Waals surface area contributed by atoms with E-state index in [0.29, 0.717) is 49.1 Å². The number of hydrogen-bond donors (Lipinski definition) is 1. The number of benzene rings is 2. The highest BCUT2D eigenvalue weighted by molar-refractivity contribution is 6.03. The normalized spacial score (nSPS) is 15.6. The Bertz CT molecular complexity index is 952. The smallest absolute Gasteiger partial charge is 0.248 e. The van der Waals surface area contributed by atoms with Gasteiger partial charge in [0.1, 0.15) is 13.2 Å². The molecular formula is C22H22N2O5. The second-order valence-electron chi connectivity index (χ2n) is 6.77. The lowest BCUT2D eigenvalue weighted by Crippen LogP contribution is -2.23. The van der Waals surface area contributed by atoms with Crippen molar-refractivity contribution in [3.05, 3.63) is 48.0 Å². The van der Waals surface area contributed by atoms with E-state index in [1.165, 1.54) is 6.08 Å². The van der Waals surface area contributed by atoms with E-state index in [0.717, 1.165) is 17.7 Å². The van der Waals surface area contributed by atoms with Crippen molar-refractivity contribution in [2.24, 2.45) is 0 Å². The van der Waals surface area contributed by atoms with Gasteiger partial charge in [-0.1, -0.05) is 6.07 Å². The summed E-state index contributed by atoms with van der Waals surface area (Å²) in [6.07, 6.45) is 4.55.